The van der Waals surface area contributed by atoms with Crippen molar-refractivity contribution in [2.24, 2.45) is 0 Å². The zero-order valence-electron chi connectivity index (χ0n) is 11.3. The molecule has 0 aliphatic carbocycles. The van der Waals surface area contributed by atoms with E-state index in [0.717, 1.165) is 11.8 Å². The molecule has 0 saturated carbocycles. The summed E-state index contributed by atoms with van der Waals surface area (Å²) < 4.78 is 39.7. The largest absolute Gasteiger partial charge is 0.398 e. The van der Waals surface area contributed by atoms with E-state index >= 15 is 0 Å². The second kappa shape index (κ2) is 6.58. The minimum absolute atomic E-state index is 0.0658. The third kappa shape index (κ3) is 3.61. The molecular weight excluding hydrogens is 287 g/mol. The van der Waals surface area contributed by atoms with E-state index in [1.54, 1.807) is 18.7 Å². The number of thioether (sulfide) groups is 1. The van der Waals surface area contributed by atoms with Crippen LogP contribution in [0.4, 0.5) is 10.1 Å². The first-order chi connectivity index (χ1) is 8.82. The quantitative estimate of drug-likeness (QED) is 0.818. The van der Waals surface area contributed by atoms with Crippen molar-refractivity contribution in [3.63, 3.8) is 0 Å². The summed E-state index contributed by atoms with van der Waals surface area (Å²) in [6, 6.07) is 3.66. The van der Waals surface area contributed by atoms with Crippen LogP contribution in [0.2, 0.25) is 0 Å². The topological polar surface area (TPSA) is 63.4 Å². The normalized spacial score (nSPS) is 13.7. The Hall–Kier alpha value is -0.790. The Kier molecular flexibility index (Phi) is 5.64. The summed E-state index contributed by atoms with van der Waals surface area (Å²) in [6.45, 7) is 1.80. The second-order valence-electron chi connectivity index (χ2n) is 4.31. The molecule has 0 bridgehead atoms. The van der Waals surface area contributed by atoms with Gasteiger partial charge in [-0.25, -0.2) is 12.8 Å². The number of hydrogen-bond acceptors (Lipinski definition) is 4. The van der Waals surface area contributed by atoms with Crippen molar-refractivity contribution < 1.29 is 12.8 Å². The predicted octanol–water partition coefficient (Wildman–Crippen LogP) is 2.17. The van der Waals surface area contributed by atoms with Gasteiger partial charge in [0.05, 0.1) is 5.69 Å². The van der Waals surface area contributed by atoms with Crippen molar-refractivity contribution in [1.82, 2.24) is 4.31 Å². The number of nitrogen functional groups attached to an aromatic ring is 1. The van der Waals surface area contributed by atoms with E-state index in [-0.39, 0.29) is 11.7 Å². The number of halogens is 1. The molecule has 1 unspecified atom stereocenters. The molecule has 0 aliphatic rings. The monoisotopic (exact) mass is 306 g/mol. The molecule has 0 aromatic heterocycles. The molecule has 108 valence electrons. The molecule has 2 N–H and O–H groups in total. The van der Waals surface area contributed by atoms with Crippen LogP contribution in [0.25, 0.3) is 0 Å². The van der Waals surface area contributed by atoms with Crippen molar-refractivity contribution in [1.29, 1.82) is 0 Å². The fourth-order valence-electron chi connectivity index (χ4n) is 1.65. The predicted molar refractivity (Wildman–Crippen MR) is 78.2 cm³/mol. The number of hydrogen-bond donors (Lipinski definition) is 1. The van der Waals surface area contributed by atoms with Crippen molar-refractivity contribution in [2.75, 3.05) is 24.8 Å². The Morgan fingerprint density at radius 2 is 2.11 bits per heavy atom. The Bertz CT molecular complexity index is 514. The van der Waals surface area contributed by atoms with Crippen LogP contribution in [-0.2, 0) is 10.0 Å². The SMILES string of the molecule is CSCCC(C)N(C)S(=O)(=O)c1c(N)cccc1F. The molecular formula is C12H19FN2O2S2. The molecule has 1 atom stereocenters. The minimum Gasteiger partial charge on any atom is -0.398 e. The van der Waals surface area contributed by atoms with Gasteiger partial charge in [-0.2, -0.15) is 16.1 Å². The summed E-state index contributed by atoms with van der Waals surface area (Å²) >= 11 is 1.64. The van der Waals surface area contributed by atoms with Gasteiger partial charge in [0.15, 0.2) is 0 Å². The molecule has 0 spiro atoms. The Morgan fingerprint density at radius 3 is 2.63 bits per heavy atom. The highest BCUT2D eigenvalue weighted by molar-refractivity contribution is 7.98. The van der Waals surface area contributed by atoms with Crippen molar-refractivity contribution in [3.8, 4) is 0 Å². The minimum atomic E-state index is -3.91. The molecule has 0 heterocycles. The molecule has 0 amide bonds. The fraction of sp³-hybridized carbons (Fsp3) is 0.500. The lowest BCUT2D eigenvalue weighted by atomic mass is 10.3. The zero-order valence-corrected chi connectivity index (χ0v) is 12.9. The van der Waals surface area contributed by atoms with Gasteiger partial charge in [-0.05, 0) is 37.5 Å². The Balaban J connectivity index is 3.10. The molecule has 1 aromatic carbocycles. The number of anilines is 1. The average Bonchev–Trinajstić information content (AvgIpc) is 2.34. The maximum atomic E-state index is 13.7. The Labute approximate surface area is 118 Å². The van der Waals surface area contributed by atoms with Crippen LogP contribution in [0, 0.1) is 5.82 Å². The van der Waals surface area contributed by atoms with E-state index in [9.17, 15) is 12.8 Å². The number of sulfonamides is 1. The lowest BCUT2D eigenvalue weighted by Gasteiger charge is -2.24. The summed E-state index contributed by atoms with van der Waals surface area (Å²) in [5.74, 6) is 0.0252. The molecule has 0 saturated heterocycles. The average molecular weight is 306 g/mol. The van der Waals surface area contributed by atoms with Crippen LogP contribution in [0.5, 0.6) is 0 Å². The first-order valence-corrected chi connectivity index (χ1v) is 8.66. The maximum absolute atomic E-state index is 13.7. The van der Waals surface area contributed by atoms with Gasteiger partial charge in [0.25, 0.3) is 0 Å². The third-order valence-electron chi connectivity index (χ3n) is 2.99. The highest BCUT2D eigenvalue weighted by Crippen LogP contribution is 2.26. The number of nitrogens with two attached hydrogens (primary N) is 1. The first kappa shape index (κ1) is 16.3. The lowest BCUT2D eigenvalue weighted by Crippen LogP contribution is -2.36. The number of benzene rings is 1. The summed E-state index contributed by atoms with van der Waals surface area (Å²) in [5.41, 5.74) is 5.53. The lowest BCUT2D eigenvalue weighted by molar-refractivity contribution is 0.380. The molecule has 0 aliphatic heterocycles. The van der Waals surface area contributed by atoms with Crippen molar-refractivity contribution in [2.45, 2.75) is 24.3 Å². The molecule has 7 heteroatoms. The molecule has 4 nitrogen and oxygen atoms in total. The summed E-state index contributed by atoms with van der Waals surface area (Å²) in [6.07, 6.45) is 2.65. The highest BCUT2D eigenvalue weighted by atomic mass is 32.2. The van der Waals surface area contributed by atoms with E-state index in [0.29, 0.717) is 6.42 Å². The smallest absolute Gasteiger partial charge is 0.248 e. The van der Waals surface area contributed by atoms with E-state index in [2.05, 4.69) is 0 Å². The summed E-state index contributed by atoms with van der Waals surface area (Å²) in [4.78, 5) is -0.437. The molecule has 0 radical (unpaired) electrons. The van der Waals surface area contributed by atoms with E-state index in [1.165, 1.54) is 23.5 Å². The van der Waals surface area contributed by atoms with Gasteiger partial charge >= 0.3 is 0 Å². The maximum Gasteiger partial charge on any atom is 0.248 e. The van der Waals surface area contributed by atoms with Gasteiger partial charge in [-0.3, -0.25) is 0 Å². The van der Waals surface area contributed by atoms with Gasteiger partial charge in [0.1, 0.15) is 10.7 Å². The van der Waals surface area contributed by atoms with Crippen LogP contribution in [0.3, 0.4) is 0 Å². The number of nitrogens with zero attached hydrogens (tertiary/aromatic N) is 1. The van der Waals surface area contributed by atoms with Crippen molar-refractivity contribution >= 4 is 27.5 Å². The van der Waals surface area contributed by atoms with Crippen LogP contribution < -0.4 is 5.73 Å². The second-order valence-corrected chi connectivity index (χ2v) is 7.23. The van der Waals surface area contributed by atoms with E-state index in [1.807, 2.05) is 6.26 Å². The van der Waals surface area contributed by atoms with Crippen molar-refractivity contribution in [3.05, 3.63) is 24.0 Å². The standard InChI is InChI=1S/C12H19FN2O2S2/c1-9(7-8-18-3)15(2)19(16,17)12-10(13)5-4-6-11(12)14/h4-6,9H,7-8,14H2,1-3H3. The summed E-state index contributed by atoms with van der Waals surface area (Å²) in [5, 5.41) is 0. The third-order valence-corrected chi connectivity index (χ3v) is 5.70. The molecule has 19 heavy (non-hydrogen) atoms. The summed E-state index contributed by atoms with van der Waals surface area (Å²) in [7, 11) is -2.46. The first-order valence-electron chi connectivity index (χ1n) is 5.83. The molecule has 0 fully saturated rings. The van der Waals surface area contributed by atoms with Crippen LogP contribution in [0.15, 0.2) is 23.1 Å². The van der Waals surface area contributed by atoms with Gasteiger partial charge in [0, 0.05) is 13.1 Å². The van der Waals surface area contributed by atoms with E-state index < -0.39 is 20.7 Å². The van der Waals surface area contributed by atoms with Crippen LogP contribution in [-0.4, -0.2) is 37.8 Å². The van der Waals surface area contributed by atoms with E-state index in [4.69, 9.17) is 5.73 Å². The van der Waals surface area contributed by atoms with Gasteiger partial charge in [-0.15, -0.1) is 0 Å². The fourth-order valence-corrected chi connectivity index (χ4v) is 3.77. The highest BCUT2D eigenvalue weighted by Gasteiger charge is 2.29. The van der Waals surface area contributed by atoms with Gasteiger partial charge in [-0.1, -0.05) is 6.07 Å². The molecule has 1 aromatic rings. The number of rotatable bonds is 6. The Morgan fingerprint density at radius 1 is 1.47 bits per heavy atom. The van der Waals surface area contributed by atoms with Gasteiger partial charge < -0.3 is 5.73 Å². The van der Waals surface area contributed by atoms with Crippen LogP contribution >= 0.6 is 11.8 Å². The molecule has 1 rings (SSSR count). The zero-order chi connectivity index (χ0) is 14.6. The van der Waals surface area contributed by atoms with Gasteiger partial charge in [0.2, 0.25) is 10.0 Å². The van der Waals surface area contributed by atoms with Crippen LogP contribution in [0.1, 0.15) is 13.3 Å².